The van der Waals surface area contributed by atoms with Crippen molar-refractivity contribution in [2.75, 3.05) is 57.5 Å². The molecule has 4 aromatic heterocycles. The number of imidazole rings is 2. The summed E-state index contributed by atoms with van der Waals surface area (Å²) in [6, 6.07) is 19.6. The summed E-state index contributed by atoms with van der Waals surface area (Å²) >= 11 is 0. The molecule has 44 heavy (non-hydrogen) atoms. The van der Waals surface area contributed by atoms with E-state index in [-0.39, 0.29) is 13.5 Å². The van der Waals surface area contributed by atoms with Crippen LogP contribution in [0.3, 0.4) is 0 Å². The lowest BCUT2D eigenvalue weighted by atomic mass is 10.1. The van der Waals surface area contributed by atoms with Crippen LogP contribution in [-0.2, 0) is 0 Å². The molecule has 0 atom stereocenters. The van der Waals surface area contributed by atoms with Crippen LogP contribution in [0.25, 0.3) is 33.8 Å². The fraction of sp³-hybridized carbons (Fsp3) is 0.212. The lowest BCUT2D eigenvalue weighted by molar-refractivity contribution is 0.171. The predicted octanol–water partition coefficient (Wildman–Crippen LogP) is 5.95. The average molecular weight is 595 g/mol. The minimum Gasteiger partial charge on any atom is -0.486 e. The van der Waals surface area contributed by atoms with E-state index in [1.54, 1.807) is 0 Å². The Morgan fingerprint density at radius 1 is 0.750 bits per heavy atom. The monoisotopic (exact) mass is 594 g/mol. The van der Waals surface area contributed by atoms with Gasteiger partial charge < -0.3 is 38.0 Å². The highest BCUT2D eigenvalue weighted by molar-refractivity contribution is 5.69. The summed E-state index contributed by atoms with van der Waals surface area (Å²) in [6.45, 7) is 1.42. The second-order valence-corrected chi connectivity index (χ2v) is 10.4. The molecule has 2 aliphatic heterocycles. The van der Waals surface area contributed by atoms with Crippen molar-refractivity contribution in [1.29, 1.82) is 0 Å². The number of aromatic nitrogens is 4. The molecule has 10 nitrogen and oxygen atoms in total. The molecule has 0 saturated heterocycles. The zero-order valence-corrected chi connectivity index (χ0v) is 24.4. The molecule has 0 amide bonds. The van der Waals surface area contributed by atoms with Crippen molar-refractivity contribution in [3.63, 3.8) is 0 Å². The Labute approximate surface area is 253 Å². The Hall–Kier alpha value is -5.45. The number of nitrogens with one attached hydrogen (secondary N) is 1. The number of alkyl halides is 1. The van der Waals surface area contributed by atoms with Crippen LogP contribution >= 0.6 is 0 Å². The Morgan fingerprint density at radius 2 is 1.34 bits per heavy atom. The molecule has 0 spiro atoms. The number of pyridine rings is 2. The second-order valence-electron chi connectivity index (χ2n) is 10.4. The van der Waals surface area contributed by atoms with Gasteiger partial charge in [-0.1, -0.05) is 0 Å². The number of ether oxygens (including phenoxy) is 4. The van der Waals surface area contributed by atoms with Crippen molar-refractivity contribution in [2.24, 2.45) is 0 Å². The molecule has 11 heteroatoms. The fourth-order valence-corrected chi connectivity index (χ4v) is 5.14. The molecule has 0 aliphatic carbocycles. The van der Waals surface area contributed by atoms with Crippen molar-refractivity contribution in [1.82, 2.24) is 18.8 Å². The number of nitrogens with zero attached hydrogens (tertiary/aromatic N) is 5. The molecule has 2 aromatic carbocycles. The maximum Gasteiger partial charge on any atom is 0.231 e. The number of fused-ring (bicyclic) bond motifs is 4. The normalized spacial score (nSPS) is 13.1. The number of hydrogen-bond acceptors (Lipinski definition) is 8. The smallest absolute Gasteiger partial charge is 0.231 e. The fourth-order valence-electron chi connectivity index (χ4n) is 5.14. The van der Waals surface area contributed by atoms with Gasteiger partial charge in [0.05, 0.1) is 11.4 Å². The molecule has 6 heterocycles. The summed E-state index contributed by atoms with van der Waals surface area (Å²) < 4.78 is 38.4. The third kappa shape index (κ3) is 5.39. The van der Waals surface area contributed by atoms with Crippen LogP contribution in [0, 0.1) is 0 Å². The van der Waals surface area contributed by atoms with Gasteiger partial charge in [-0.15, -0.1) is 0 Å². The Balaban J connectivity index is 0.000000144. The van der Waals surface area contributed by atoms with Gasteiger partial charge in [0.1, 0.15) is 31.2 Å². The third-order valence-electron chi connectivity index (χ3n) is 7.56. The first-order valence-corrected chi connectivity index (χ1v) is 14.3. The van der Waals surface area contributed by atoms with Crippen LogP contribution in [-0.4, -0.2) is 66.1 Å². The van der Waals surface area contributed by atoms with Gasteiger partial charge in [0.15, 0.2) is 23.0 Å². The highest BCUT2D eigenvalue weighted by Gasteiger charge is 2.16. The summed E-state index contributed by atoms with van der Waals surface area (Å²) in [5, 5.41) is 3.11. The largest absolute Gasteiger partial charge is 0.486 e. The highest BCUT2D eigenvalue weighted by Crippen LogP contribution is 2.36. The van der Waals surface area contributed by atoms with Crippen LogP contribution in [0.5, 0.6) is 23.0 Å². The number of hydrogen-bond donors (Lipinski definition) is 1. The lowest BCUT2D eigenvalue weighted by Gasteiger charge is -2.18. The van der Waals surface area contributed by atoms with E-state index in [0.717, 1.165) is 68.2 Å². The maximum absolute atomic E-state index is 12.5. The molecule has 8 rings (SSSR count). The number of rotatable bonds is 6. The van der Waals surface area contributed by atoms with Gasteiger partial charge in [-0.2, -0.15) is 0 Å². The molecule has 2 aliphatic rings. The topological polar surface area (TPSA) is 86.8 Å². The maximum atomic E-state index is 12.5. The van der Waals surface area contributed by atoms with E-state index in [0.29, 0.717) is 19.8 Å². The van der Waals surface area contributed by atoms with E-state index in [9.17, 15) is 4.39 Å². The van der Waals surface area contributed by atoms with Crippen LogP contribution in [0.4, 0.5) is 15.8 Å². The molecule has 0 unspecified atom stereocenters. The van der Waals surface area contributed by atoms with Gasteiger partial charge in [0.25, 0.3) is 0 Å². The Bertz CT molecular complexity index is 1950. The van der Waals surface area contributed by atoms with Gasteiger partial charge in [-0.25, -0.2) is 14.4 Å². The van der Waals surface area contributed by atoms with E-state index in [1.165, 1.54) is 0 Å². The van der Waals surface area contributed by atoms with Crippen molar-refractivity contribution in [3.8, 4) is 45.5 Å². The minimum atomic E-state index is -0.376. The van der Waals surface area contributed by atoms with E-state index in [4.69, 9.17) is 18.9 Å². The zero-order chi connectivity index (χ0) is 30.0. The van der Waals surface area contributed by atoms with E-state index < -0.39 is 0 Å². The van der Waals surface area contributed by atoms with Gasteiger partial charge in [-0.3, -0.25) is 0 Å². The van der Waals surface area contributed by atoms with Gasteiger partial charge in [0, 0.05) is 80.1 Å². The Kier molecular flexibility index (Phi) is 7.27. The van der Waals surface area contributed by atoms with Crippen LogP contribution in [0.15, 0.2) is 85.5 Å². The molecule has 0 saturated carbocycles. The molecular formula is C33H31FN6O4. The second kappa shape index (κ2) is 11.7. The average Bonchev–Trinajstić information content (AvgIpc) is 3.82. The number of anilines is 2. The number of halogens is 1. The standard InChI is InChI=1S/C18H18FN3O2.C15H13N3O2/c1-21(7-5-19)14-4-6-22-12-15(20-18(22)11-14)13-2-3-16-17(10-13)24-9-8-23-16;1-16-11-4-5-18-8-12(17-15(18)7-11)10-2-3-13-14(6-10)20-9-19-13/h2-4,6,10-12H,5,7-9H2,1H3;2-8,16H,9H2,1H3. The van der Waals surface area contributed by atoms with E-state index in [1.807, 2.05) is 113 Å². The van der Waals surface area contributed by atoms with Crippen molar-refractivity contribution in [3.05, 3.63) is 85.5 Å². The van der Waals surface area contributed by atoms with Crippen LogP contribution in [0.1, 0.15) is 0 Å². The van der Waals surface area contributed by atoms with E-state index in [2.05, 4.69) is 15.3 Å². The summed E-state index contributed by atoms with van der Waals surface area (Å²) in [5.74, 6) is 3.08. The zero-order valence-electron chi connectivity index (χ0n) is 24.4. The summed E-state index contributed by atoms with van der Waals surface area (Å²) in [5.41, 5.74) is 7.48. The Morgan fingerprint density at radius 3 is 2.02 bits per heavy atom. The summed E-state index contributed by atoms with van der Waals surface area (Å²) in [4.78, 5) is 11.2. The van der Waals surface area contributed by atoms with Crippen LogP contribution in [0.2, 0.25) is 0 Å². The van der Waals surface area contributed by atoms with Gasteiger partial charge in [0.2, 0.25) is 6.79 Å². The molecule has 1 N–H and O–H groups in total. The quantitative estimate of drug-likeness (QED) is 0.253. The van der Waals surface area contributed by atoms with E-state index >= 15 is 0 Å². The van der Waals surface area contributed by atoms with Crippen molar-refractivity contribution >= 4 is 22.7 Å². The number of benzene rings is 2. The minimum absolute atomic E-state index is 0.287. The molecule has 0 radical (unpaired) electrons. The first kappa shape index (κ1) is 27.4. The first-order valence-electron chi connectivity index (χ1n) is 14.3. The lowest BCUT2D eigenvalue weighted by Crippen LogP contribution is -2.19. The highest BCUT2D eigenvalue weighted by atomic mass is 19.1. The van der Waals surface area contributed by atoms with Crippen molar-refractivity contribution in [2.45, 2.75) is 0 Å². The summed E-state index contributed by atoms with van der Waals surface area (Å²) in [6.07, 6.45) is 7.91. The first-order chi connectivity index (χ1) is 21.6. The molecule has 224 valence electrons. The van der Waals surface area contributed by atoms with Gasteiger partial charge >= 0.3 is 0 Å². The van der Waals surface area contributed by atoms with Gasteiger partial charge in [-0.05, 0) is 48.5 Å². The summed E-state index contributed by atoms with van der Waals surface area (Å²) in [7, 11) is 3.77. The molecule has 0 fully saturated rings. The predicted molar refractivity (Wildman–Crippen MR) is 167 cm³/mol. The third-order valence-corrected chi connectivity index (χ3v) is 7.56. The van der Waals surface area contributed by atoms with Crippen LogP contribution < -0.4 is 29.2 Å². The molecule has 0 bridgehead atoms. The SMILES string of the molecule is CN(CCF)c1ccn2cc(-c3ccc4c(c3)OCCO4)nc2c1.CNc1ccn2cc(-c3ccc4c(c3)OCO4)nc2c1. The molecule has 6 aromatic rings. The molecular weight excluding hydrogens is 563 g/mol. The van der Waals surface area contributed by atoms with Crippen molar-refractivity contribution < 1.29 is 23.3 Å².